The van der Waals surface area contributed by atoms with Crippen LogP contribution in [0.2, 0.25) is 0 Å². The van der Waals surface area contributed by atoms with E-state index in [1.807, 2.05) is 0 Å². The van der Waals surface area contributed by atoms with Crippen LogP contribution in [-0.2, 0) is 15.6 Å². The molecule has 1 saturated carbocycles. The van der Waals surface area contributed by atoms with Gasteiger partial charge in [-0.1, -0.05) is 6.07 Å². The predicted molar refractivity (Wildman–Crippen MR) is 127 cm³/mol. The quantitative estimate of drug-likeness (QED) is 0.376. The molecule has 0 atom stereocenters. The van der Waals surface area contributed by atoms with E-state index in [1.54, 1.807) is 19.2 Å². The number of hydrogen-bond donors (Lipinski definition) is 2. The number of carbonyl (C=O) groups is 1. The number of sulfonamides is 1. The van der Waals surface area contributed by atoms with E-state index < -0.39 is 45.3 Å². The standard InChI is InChI=1S/C22H21F4N5O4S2/c1-21(2,17-10-36-20(29-17)31-37(33,34)13-4-5-13)30-19(32)14-6-3-12(7-15(14)23)16-8-27-9-18(28-16)35-11-22(24,25)26/h3,6-10,13H,4-5,11H2,1-2H3,(H,29,31)(H,30,32). The summed E-state index contributed by atoms with van der Waals surface area (Å²) in [5.74, 6) is -2.04. The molecule has 1 aromatic carbocycles. The highest BCUT2D eigenvalue weighted by molar-refractivity contribution is 7.93. The van der Waals surface area contributed by atoms with Crippen molar-refractivity contribution < 1.29 is 35.5 Å². The Morgan fingerprint density at radius 1 is 1.19 bits per heavy atom. The van der Waals surface area contributed by atoms with E-state index in [2.05, 4.69) is 29.7 Å². The molecule has 0 unspecified atom stereocenters. The second-order valence-electron chi connectivity index (χ2n) is 8.80. The van der Waals surface area contributed by atoms with Gasteiger partial charge in [0.15, 0.2) is 11.7 Å². The highest BCUT2D eigenvalue weighted by Crippen LogP contribution is 2.32. The van der Waals surface area contributed by atoms with Crippen LogP contribution in [0.4, 0.5) is 22.7 Å². The number of anilines is 1. The van der Waals surface area contributed by atoms with Gasteiger partial charge in [-0.2, -0.15) is 13.2 Å². The zero-order valence-corrected chi connectivity index (χ0v) is 21.1. The van der Waals surface area contributed by atoms with Gasteiger partial charge in [-0.3, -0.25) is 14.5 Å². The minimum Gasteiger partial charge on any atom is -0.467 e. The van der Waals surface area contributed by atoms with Crippen molar-refractivity contribution in [2.45, 2.75) is 43.7 Å². The van der Waals surface area contributed by atoms with Crippen LogP contribution in [0, 0.1) is 5.82 Å². The van der Waals surface area contributed by atoms with Crippen LogP contribution >= 0.6 is 11.3 Å². The molecule has 4 rings (SSSR count). The highest BCUT2D eigenvalue weighted by Gasteiger charge is 2.37. The minimum absolute atomic E-state index is 0.0505. The number of benzene rings is 1. The number of nitrogens with zero attached hydrogens (tertiary/aromatic N) is 3. The molecule has 198 valence electrons. The lowest BCUT2D eigenvalue weighted by Crippen LogP contribution is -2.41. The number of ether oxygens (including phenoxy) is 1. The Hall–Kier alpha value is -3.33. The third-order valence-corrected chi connectivity index (χ3v) is 7.98. The van der Waals surface area contributed by atoms with Crippen LogP contribution < -0.4 is 14.8 Å². The Morgan fingerprint density at radius 3 is 2.57 bits per heavy atom. The molecule has 1 fully saturated rings. The van der Waals surface area contributed by atoms with Crippen molar-refractivity contribution in [3.8, 4) is 17.1 Å². The Bertz CT molecular complexity index is 1420. The maximum Gasteiger partial charge on any atom is 0.422 e. The molecule has 9 nitrogen and oxygen atoms in total. The SMILES string of the molecule is CC(C)(NC(=O)c1ccc(-c2cncc(OCC(F)(F)F)n2)cc1F)c1csc(NS(=O)(=O)C2CC2)n1. The lowest BCUT2D eigenvalue weighted by Gasteiger charge is -2.24. The highest BCUT2D eigenvalue weighted by atomic mass is 32.2. The molecule has 2 heterocycles. The van der Waals surface area contributed by atoms with E-state index in [0.717, 1.165) is 23.6 Å². The number of halogens is 4. The van der Waals surface area contributed by atoms with Gasteiger partial charge in [0.2, 0.25) is 15.9 Å². The van der Waals surface area contributed by atoms with E-state index in [9.17, 15) is 30.8 Å². The van der Waals surface area contributed by atoms with Crippen LogP contribution in [0.1, 0.15) is 42.7 Å². The van der Waals surface area contributed by atoms with Crippen molar-refractivity contribution >= 4 is 32.4 Å². The second-order valence-corrected chi connectivity index (χ2v) is 11.6. The van der Waals surface area contributed by atoms with Gasteiger partial charge in [0.05, 0.1) is 40.1 Å². The predicted octanol–water partition coefficient (Wildman–Crippen LogP) is 4.25. The summed E-state index contributed by atoms with van der Waals surface area (Å²) in [6.45, 7) is 1.71. The topological polar surface area (TPSA) is 123 Å². The number of alkyl halides is 3. The summed E-state index contributed by atoms with van der Waals surface area (Å²) in [4.78, 5) is 24.7. The first kappa shape index (κ1) is 26.7. The Kier molecular flexibility index (Phi) is 7.12. The van der Waals surface area contributed by atoms with Gasteiger partial charge in [0.1, 0.15) is 5.82 Å². The number of carbonyl (C=O) groups excluding carboxylic acids is 1. The Labute approximate surface area is 213 Å². The summed E-state index contributed by atoms with van der Waals surface area (Å²) < 4.78 is 83.2. The number of nitrogens with one attached hydrogen (secondary N) is 2. The summed E-state index contributed by atoms with van der Waals surface area (Å²) in [5, 5.41) is 4.02. The van der Waals surface area contributed by atoms with Crippen molar-refractivity contribution in [1.82, 2.24) is 20.3 Å². The molecule has 1 aliphatic rings. The van der Waals surface area contributed by atoms with Gasteiger partial charge < -0.3 is 10.1 Å². The normalized spacial score (nSPS) is 14.3. The van der Waals surface area contributed by atoms with E-state index in [1.165, 1.54) is 18.3 Å². The first-order valence-electron chi connectivity index (χ1n) is 10.9. The first-order valence-corrected chi connectivity index (χ1v) is 13.3. The van der Waals surface area contributed by atoms with Crippen LogP contribution in [0.25, 0.3) is 11.3 Å². The fourth-order valence-corrected chi connectivity index (χ4v) is 5.65. The average molecular weight is 560 g/mol. The summed E-state index contributed by atoms with van der Waals surface area (Å²) >= 11 is 1.07. The molecule has 0 bridgehead atoms. The molecule has 3 aromatic rings. The molecular formula is C22H21F4N5O4S2. The van der Waals surface area contributed by atoms with Crippen LogP contribution in [0.15, 0.2) is 36.0 Å². The van der Waals surface area contributed by atoms with E-state index >= 15 is 0 Å². The second kappa shape index (κ2) is 9.85. The van der Waals surface area contributed by atoms with Crippen molar-refractivity contribution in [3.63, 3.8) is 0 Å². The monoisotopic (exact) mass is 559 g/mol. The van der Waals surface area contributed by atoms with Gasteiger partial charge in [0, 0.05) is 10.9 Å². The molecule has 2 N–H and O–H groups in total. The molecule has 0 spiro atoms. The number of amides is 1. The Balaban J connectivity index is 1.46. The smallest absolute Gasteiger partial charge is 0.422 e. The zero-order chi connectivity index (χ0) is 27.0. The van der Waals surface area contributed by atoms with Gasteiger partial charge in [-0.15, -0.1) is 11.3 Å². The van der Waals surface area contributed by atoms with Crippen LogP contribution in [0.5, 0.6) is 5.88 Å². The maximum atomic E-state index is 14.9. The molecule has 0 aliphatic heterocycles. The summed E-state index contributed by atoms with van der Waals surface area (Å²) in [7, 11) is -3.49. The molecule has 2 aromatic heterocycles. The molecule has 1 aliphatic carbocycles. The van der Waals surface area contributed by atoms with Gasteiger partial charge >= 0.3 is 6.18 Å². The maximum absolute atomic E-state index is 14.9. The van der Waals surface area contributed by atoms with Gasteiger partial charge in [-0.25, -0.2) is 22.8 Å². The lowest BCUT2D eigenvalue weighted by atomic mass is 10.0. The molecule has 37 heavy (non-hydrogen) atoms. The third-order valence-electron chi connectivity index (χ3n) is 5.27. The van der Waals surface area contributed by atoms with Gasteiger partial charge in [-0.05, 0) is 38.8 Å². The van der Waals surface area contributed by atoms with E-state index in [4.69, 9.17) is 0 Å². The number of aromatic nitrogens is 3. The Morgan fingerprint density at radius 2 is 1.92 bits per heavy atom. The number of rotatable bonds is 9. The zero-order valence-electron chi connectivity index (χ0n) is 19.5. The summed E-state index contributed by atoms with van der Waals surface area (Å²) in [6.07, 6.45) is -1.14. The van der Waals surface area contributed by atoms with Crippen molar-refractivity contribution in [2.75, 3.05) is 11.3 Å². The van der Waals surface area contributed by atoms with E-state index in [0.29, 0.717) is 18.5 Å². The molecule has 1 amide bonds. The third kappa shape index (κ3) is 6.71. The summed E-state index contributed by atoms with van der Waals surface area (Å²) in [5.41, 5.74) is -0.765. The van der Waals surface area contributed by atoms with Crippen LogP contribution in [-0.4, -0.2) is 47.3 Å². The average Bonchev–Trinajstić information content (AvgIpc) is 3.57. The van der Waals surface area contributed by atoms with Gasteiger partial charge in [0.25, 0.3) is 5.91 Å². The molecule has 0 radical (unpaired) electrons. The van der Waals surface area contributed by atoms with Crippen molar-refractivity contribution in [1.29, 1.82) is 0 Å². The number of hydrogen-bond acceptors (Lipinski definition) is 8. The molecule has 15 heteroatoms. The van der Waals surface area contributed by atoms with Crippen molar-refractivity contribution in [3.05, 3.63) is 53.0 Å². The fourth-order valence-electron chi connectivity index (χ4n) is 3.18. The van der Waals surface area contributed by atoms with E-state index in [-0.39, 0.29) is 27.8 Å². The number of thiazole rings is 1. The largest absolute Gasteiger partial charge is 0.467 e. The molecular weight excluding hydrogens is 538 g/mol. The first-order chi connectivity index (χ1) is 17.2. The fraction of sp³-hybridized carbons (Fsp3) is 0.364. The van der Waals surface area contributed by atoms with Crippen LogP contribution in [0.3, 0.4) is 0 Å². The molecule has 0 saturated heterocycles. The summed E-state index contributed by atoms with van der Waals surface area (Å²) in [6, 6.07) is 3.58. The van der Waals surface area contributed by atoms with Crippen molar-refractivity contribution in [2.24, 2.45) is 0 Å². The lowest BCUT2D eigenvalue weighted by molar-refractivity contribution is -0.154. The minimum atomic E-state index is -4.56.